The summed E-state index contributed by atoms with van der Waals surface area (Å²) in [5, 5.41) is 12.4. The summed E-state index contributed by atoms with van der Waals surface area (Å²) in [5.74, 6) is 1.43. The van der Waals surface area contributed by atoms with E-state index in [1.54, 1.807) is 4.68 Å². The van der Waals surface area contributed by atoms with E-state index in [4.69, 9.17) is 11.6 Å². The molecule has 15 heavy (non-hydrogen) atoms. The molecule has 1 heterocycles. The second-order valence-corrected chi connectivity index (χ2v) is 4.08. The second-order valence-electron chi connectivity index (χ2n) is 3.67. The molecule has 1 aromatic carbocycles. The van der Waals surface area contributed by atoms with Gasteiger partial charge in [0.25, 0.3) is 0 Å². The lowest BCUT2D eigenvalue weighted by Gasteiger charge is -2.04. The Morgan fingerprint density at radius 1 is 1.27 bits per heavy atom. The molecule has 76 valence electrons. The Labute approximate surface area is 91.9 Å². The highest BCUT2D eigenvalue weighted by Crippen LogP contribution is 2.39. The van der Waals surface area contributed by atoms with Gasteiger partial charge >= 0.3 is 0 Å². The van der Waals surface area contributed by atoms with Gasteiger partial charge in [0.15, 0.2) is 5.82 Å². The molecule has 0 aliphatic heterocycles. The zero-order valence-electron chi connectivity index (χ0n) is 7.97. The van der Waals surface area contributed by atoms with Crippen LogP contribution in [0.5, 0.6) is 0 Å². The van der Waals surface area contributed by atoms with E-state index in [2.05, 4.69) is 15.5 Å². The molecule has 0 bridgehead atoms. The normalized spacial score (nSPS) is 15.5. The van der Waals surface area contributed by atoms with Gasteiger partial charge in [0.1, 0.15) is 0 Å². The van der Waals surface area contributed by atoms with Crippen molar-refractivity contribution in [2.45, 2.75) is 18.8 Å². The number of benzene rings is 1. The molecule has 0 amide bonds. The average molecular weight is 221 g/mol. The molecule has 1 aliphatic rings. The quantitative estimate of drug-likeness (QED) is 0.779. The molecule has 0 saturated heterocycles. The Balaban J connectivity index is 2.12. The SMILES string of the molecule is Clc1ccccc1-n1nnnc1C1CC1. The Hall–Kier alpha value is -1.42. The molecule has 3 rings (SSSR count). The van der Waals surface area contributed by atoms with Crippen molar-refractivity contribution in [3.63, 3.8) is 0 Å². The Kier molecular flexibility index (Phi) is 1.95. The molecule has 0 unspecified atom stereocenters. The number of hydrogen-bond donors (Lipinski definition) is 0. The summed E-state index contributed by atoms with van der Waals surface area (Å²) >= 11 is 6.10. The van der Waals surface area contributed by atoms with Gasteiger partial charge in [-0.25, -0.2) is 0 Å². The van der Waals surface area contributed by atoms with Crippen LogP contribution >= 0.6 is 11.6 Å². The molecule has 0 spiro atoms. The Bertz CT molecular complexity index is 490. The van der Waals surface area contributed by atoms with Crippen LogP contribution in [-0.4, -0.2) is 20.2 Å². The lowest BCUT2D eigenvalue weighted by atomic mass is 10.3. The van der Waals surface area contributed by atoms with E-state index >= 15 is 0 Å². The molecular formula is C10H9ClN4. The van der Waals surface area contributed by atoms with Crippen LogP contribution in [0.3, 0.4) is 0 Å². The minimum atomic E-state index is 0.510. The predicted octanol–water partition coefficient (Wildman–Crippen LogP) is 2.19. The van der Waals surface area contributed by atoms with Gasteiger partial charge in [-0.3, -0.25) is 0 Å². The molecule has 0 radical (unpaired) electrons. The summed E-state index contributed by atoms with van der Waals surface area (Å²) in [4.78, 5) is 0. The topological polar surface area (TPSA) is 43.6 Å². The molecule has 0 atom stereocenters. The van der Waals surface area contributed by atoms with Gasteiger partial charge in [-0.05, 0) is 35.4 Å². The van der Waals surface area contributed by atoms with Gasteiger partial charge in [-0.2, -0.15) is 4.68 Å². The monoisotopic (exact) mass is 220 g/mol. The van der Waals surface area contributed by atoms with Crippen molar-refractivity contribution < 1.29 is 0 Å². The molecule has 4 nitrogen and oxygen atoms in total. The maximum absolute atomic E-state index is 6.10. The number of nitrogens with zero attached hydrogens (tertiary/aromatic N) is 4. The summed E-state index contributed by atoms with van der Waals surface area (Å²) in [7, 11) is 0. The molecule has 1 aromatic heterocycles. The molecule has 1 fully saturated rings. The van der Waals surface area contributed by atoms with Crippen LogP contribution in [0.25, 0.3) is 5.69 Å². The van der Waals surface area contributed by atoms with Crippen molar-refractivity contribution in [3.8, 4) is 5.69 Å². The van der Waals surface area contributed by atoms with Crippen LogP contribution in [0.15, 0.2) is 24.3 Å². The minimum absolute atomic E-state index is 0.510. The maximum atomic E-state index is 6.10. The van der Waals surface area contributed by atoms with Gasteiger partial charge < -0.3 is 0 Å². The molecule has 2 aromatic rings. The van der Waals surface area contributed by atoms with Gasteiger partial charge in [-0.15, -0.1) is 5.10 Å². The first-order valence-electron chi connectivity index (χ1n) is 4.89. The summed E-state index contributed by atoms with van der Waals surface area (Å²) in [6, 6.07) is 7.59. The number of halogens is 1. The van der Waals surface area contributed by atoms with Gasteiger partial charge in [0.05, 0.1) is 10.7 Å². The van der Waals surface area contributed by atoms with Crippen molar-refractivity contribution in [1.29, 1.82) is 0 Å². The van der Waals surface area contributed by atoms with Crippen LogP contribution in [0.1, 0.15) is 24.6 Å². The lowest BCUT2D eigenvalue weighted by molar-refractivity contribution is 0.763. The Morgan fingerprint density at radius 3 is 2.80 bits per heavy atom. The van der Waals surface area contributed by atoms with Gasteiger partial charge in [0, 0.05) is 5.92 Å². The molecule has 5 heteroatoms. The fourth-order valence-corrected chi connectivity index (χ4v) is 1.80. The van der Waals surface area contributed by atoms with Gasteiger partial charge in [0.2, 0.25) is 0 Å². The van der Waals surface area contributed by atoms with Crippen LogP contribution < -0.4 is 0 Å². The van der Waals surface area contributed by atoms with Crippen molar-refractivity contribution >= 4 is 11.6 Å². The van der Waals surface area contributed by atoms with E-state index in [0.717, 1.165) is 11.5 Å². The number of tetrazole rings is 1. The van der Waals surface area contributed by atoms with Crippen molar-refractivity contribution in [3.05, 3.63) is 35.1 Å². The molecule has 1 aliphatic carbocycles. The van der Waals surface area contributed by atoms with E-state index in [9.17, 15) is 0 Å². The summed E-state index contributed by atoms with van der Waals surface area (Å²) in [6.07, 6.45) is 2.34. The first-order chi connectivity index (χ1) is 7.36. The number of hydrogen-bond acceptors (Lipinski definition) is 3. The van der Waals surface area contributed by atoms with E-state index in [1.807, 2.05) is 24.3 Å². The predicted molar refractivity (Wildman–Crippen MR) is 56.1 cm³/mol. The average Bonchev–Trinajstić information content (AvgIpc) is 2.98. The first-order valence-corrected chi connectivity index (χ1v) is 5.27. The number of aromatic nitrogens is 4. The van der Waals surface area contributed by atoms with E-state index in [-0.39, 0.29) is 0 Å². The molecule has 0 N–H and O–H groups in total. The van der Waals surface area contributed by atoms with E-state index < -0.39 is 0 Å². The maximum Gasteiger partial charge on any atom is 0.159 e. The fraction of sp³-hybridized carbons (Fsp3) is 0.300. The minimum Gasteiger partial charge on any atom is -0.196 e. The Morgan fingerprint density at radius 2 is 2.07 bits per heavy atom. The van der Waals surface area contributed by atoms with E-state index in [1.165, 1.54) is 12.8 Å². The molecule has 1 saturated carbocycles. The van der Waals surface area contributed by atoms with Crippen LogP contribution in [0.4, 0.5) is 0 Å². The third-order valence-electron chi connectivity index (χ3n) is 2.52. The smallest absolute Gasteiger partial charge is 0.159 e. The third-order valence-corrected chi connectivity index (χ3v) is 2.84. The van der Waals surface area contributed by atoms with Crippen molar-refractivity contribution in [2.24, 2.45) is 0 Å². The first kappa shape index (κ1) is 8.85. The van der Waals surface area contributed by atoms with Crippen molar-refractivity contribution in [1.82, 2.24) is 20.2 Å². The third kappa shape index (κ3) is 1.51. The number of rotatable bonds is 2. The highest BCUT2D eigenvalue weighted by molar-refractivity contribution is 6.32. The standard InChI is InChI=1S/C10H9ClN4/c11-8-3-1-2-4-9(8)15-10(7-5-6-7)12-13-14-15/h1-4,7H,5-6H2. The van der Waals surface area contributed by atoms with E-state index in [0.29, 0.717) is 10.9 Å². The summed E-state index contributed by atoms with van der Waals surface area (Å²) < 4.78 is 1.74. The largest absolute Gasteiger partial charge is 0.196 e. The van der Waals surface area contributed by atoms with Crippen LogP contribution in [0.2, 0.25) is 5.02 Å². The number of para-hydroxylation sites is 1. The second kappa shape index (κ2) is 3.31. The zero-order chi connectivity index (χ0) is 10.3. The summed E-state index contributed by atoms with van der Waals surface area (Å²) in [5.41, 5.74) is 0.853. The highest BCUT2D eigenvalue weighted by atomic mass is 35.5. The summed E-state index contributed by atoms with van der Waals surface area (Å²) in [6.45, 7) is 0. The molecular weight excluding hydrogens is 212 g/mol. The van der Waals surface area contributed by atoms with Crippen LogP contribution in [-0.2, 0) is 0 Å². The zero-order valence-corrected chi connectivity index (χ0v) is 8.72. The lowest BCUT2D eigenvalue weighted by Crippen LogP contribution is -2.02. The highest BCUT2D eigenvalue weighted by Gasteiger charge is 2.30. The van der Waals surface area contributed by atoms with Gasteiger partial charge in [-0.1, -0.05) is 23.7 Å². The fourth-order valence-electron chi connectivity index (χ4n) is 1.59. The van der Waals surface area contributed by atoms with Crippen LogP contribution in [0, 0.1) is 0 Å². The van der Waals surface area contributed by atoms with Crippen molar-refractivity contribution in [2.75, 3.05) is 0 Å².